The zero-order valence-electron chi connectivity index (χ0n) is 28.2. The molecule has 0 radical (unpaired) electrons. The normalized spacial score (nSPS) is 11.9. The Hall–Kier alpha value is -4.01. The van der Waals surface area contributed by atoms with Crippen LogP contribution >= 0.6 is 0 Å². The molecule has 6 rings (SSSR count). The Morgan fingerprint density at radius 3 is 1.98 bits per heavy atom. The van der Waals surface area contributed by atoms with E-state index in [1.807, 2.05) is 24.4 Å². The number of rotatable bonds is 4. The van der Waals surface area contributed by atoms with Gasteiger partial charge in [-0.15, -0.1) is 29.3 Å². The molecule has 238 valence electrons. The molecular formula is C41H42N3OPt-. The largest absolute Gasteiger partial charge is 0.507 e. The topological polar surface area (TPSA) is 50.9 Å². The Labute approximate surface area is 287 Å². The van der Waals surface area contributed by atoms with Gasteiger partial charge in [0.15, 0.2) is 0 Å². The van der Waals surface area contributed by atoms with Crippen LogP contribution in [0.15, 0.2) is 85.1 Å². The van der Waals surface area contributed by atoms with E-state index in [-0.39, 0.29) is 37.6 Å². The number of phenolic OH excluding ortho intramolecular Hbond substituents is 1. The third-order valence-corrected chi connectivity index (χ3v) is 8.62. The van der Waals surface area contributed by atoms with E-state index in [0.717, 1.165) is 50.2 Å². The van der Waals surface area contributed by atoms with Crippen molar-refractivity contribution in [1.82, 2.24) is 14.5 Å². The van der Waals surface area contributed by atoms with Gasteiger partial charge in [0.1, 0.15) is 11.6 Å². The molecule has 0 spiro atoms. The molecule has 0 aliphatic heterocycles. The predicted molar refractivity (Wildman–Crippen MR) is 187 cm³/mol. The summed E-state index contributed by atoms with van der Waals surface area (Å²) in [6.07, 6.45) is 1.90. The molecule has 0 bridgehead atoms. The molecule has 0 aliphatic rings. The zero-order chi connectivity index (χ0) is 32.3. The van der Waals surface area contributed by atoms with Crippen LogP contribution in [0.4, 0.5) is 0 Å². The van der Waals surface area contributed by atoms with E-state index in [1.54, 1.807) is 6.07 Å². The smallest absolute Gasteiger partial charge is 0.148 e. The van der Waals surface area contributed by atoms with Gasteiger partial charge < -0.3 is 5.11 Å². The summed E-state index contributed by atoms with van der Waals surface area (Å²) in [6.45, 7) is 19.8. The van der Waals surface area contributed by atoms with Crippen LogP contribution in [0.3, 0.4) is 0 Å². The molecule has 46 heavy (non-hydrogen) atoms. The molecule has 0 saturated carbocycles. The zero-order valence-corrected chi connectivity index (χ0v) is 30.5. The second kappa shape index (κ2) is 12.3. The second-order valence-electron chi connectivity index (χ2n) is 14.3. The molecule has 0 unspecified atom stereocenters. The van der Waals surface area contributed by atoms with E-state index in [1.165, 1.54) is 16.7 Å². The fourth-order valence-corrected chi connectivity index (χ4v) is 6.24. The minimum atomic E-state index is -0.0927. The maximum Gasteiger partial charge on any atom is 0.148 e. The Balaban J connectivity index is 0.00000417. The van der Waals surface area contributed by atoms with Gasteiger partial charge in [0.2, 0.25) is 0 Å². The molecular weight excluding hydrogens is 746 g/mol. The third-order valence-electron chi connectivity index (χ3n) is 8.62. The van der Waals surface area contributed by atoms with E-state index >= 15 is 0 Å². The third kappa shape index (κ3) is 6.20. The van der Waals surface area contributed by atoms with Crippen LogP contribution in [-0.2, 0) is 31.9 Å². The van der Waals surface area contributed by atoms with Crippen molar-refractivity contribution in [2.24, 2.45) is 0 Å². The van der Waals surface area contributed by atoms with Crippen LogP contribution in [0.2, 0.25) is 0 Å². The molecule has 4 aromatic carbocycles. The van der Waals surface area contributed by atoms with Crippen molar-refractivity contribution in [2.45, 2.75) is 73.1 Å². The Morgan fingerprint density at radius 1 is 0.696 bits per heavy atom. The summed E-state index contributed by atoms with van der Waals surface area (Å²) >= 11 is 0. The number of para-hydroxylation sites is 2. The first-order chi connectivity index (χ1) is 21.2. The molecule has 0 saturated heterocycles. The number of pyridine rings is 1. The Kier molecular flexibility index (Phi) is 8.92. The molecule has 0 fully saturated rings. The van der Waals surface area contributed by atoms with E-state index in [0.29, 0.717) is 11.4 Å². The van der Waals surface area contributed by atoms with Crippen LogP contribution in [0.1, 0.15) is 69.4 Å². The minimum Gasteiger partial charge on any atom is -0.507 e. The Bertz CT molecular complexity index is 2050. The van der Waals surface area contributed by atoms with Gasteiger partial charge in [-0.1, -0.05) is 101 Å². The van der Waals surface area contributed by atoms with Crippen molar-refractivity contribution >= 4 is 11.0 Å². The van der Waals surface area contributed by atoms with Crippen molar-refractivity contribution in [3.63, 3.8) is 0 Å². The first-order valence-electron chi connectivity index (χ1n) is 15.7. The molecule has 2 aromatic heterocycles. The quantitative estimate of drug-likeness (QED) is 0.181. The SMILES string of the molecule is Cc1cc(C)c(-n2c(-c3ccccc3O)nc3c(-c4[c-]c(-c5cc(C(C)(C)C)ccn5)cc(C(C)(C)C)c4)cccc32)c(C)c1.[Pt]. The maximum absolute atomic E-state index is 11.0. The maximum atomic E-state index is 11.0. The molecule has 1 N–H and O–H groups in total. The number of aromatic hydroxyl groups is 1. The first-order valence-corrected chi connectivity index (χ1v) is 15.7. The van der Waals surface area contributed by atoms with Crippen LogP contribution in [0.25, 0.3) is 50.5 Å². The van der Waals surface area contributed by atoms with Crippen molar-refractivity contribution in [3.8, 4) is 45.2 Å². The fourth-order valence-electron chi connectivity index (χ4n) is 6.24. The molecule has 4 nitrogen and oxygen atoms in total. The first kappa shape index (κ1) is 33.4. The Morgan fingerprint density at radius 2 is 1.33 bits per heavy atom. The summed E-state index contributed by atoms with van der Waals surface area (Å²) < 4.78 is 2.21. The van der Waals surface area contributed by atoms with E-state index < -0.39 is 0 Å². The average molecular weight is 788 g/mol. The monoisotopic (exact) mass is 787 g/mol. The summed E-state index contributed by atoms with van der Waals surface area (Å²) in [7, 11) is 0. The average Bonchev–Trinajstić information content (AvgIpc) is 3.35. The molecule has 0 aliphatic carbocycles. The van der Waals surface area contributed by atoms with Crippen molar-refractivity contribution in [3.05, 3.63) is 119 Å². The number of phenols is 1. The predicted octanol–water partition coefficient (Wildman–Crippen LogP) is 10.4. The number of hydrogen-bond donors (Lipinski definition) is 1. The van der Waals surface area contributed by atoms with Gasteiger partial charge in [-0.25, -0.2) is 4.98 Å². The molecule has 0 amide bonds. The van der Waals surface area contributed by atoms with E-state index in [9.17, 15) is 5.11 Å². The van der Waals surface area contributed by atoms with E-state index in [4.69, 9.17) is 9.97 Å². The van der Waals surface area contributed by atoms with Gasteiger partial charge in [-0.3, -0.25) is 9.55 Å². The molecule has 6 aromatic rings. The second-order valence-corrected chi connectivity index (χ2v) is 14.3. The molecule has 5 heteroatoms. The summed E-state index contributed by atoms with van der Waals surface area (Å²) in [4.78, 5) is 10.1. The van der Waals surface area contributed by atoms with Crippen LogP contribution in [0.5, 0.6) is 5.75 Å². The standard InChI is InChI=1S/C41H42N3O.Pt/c1-25-19-26(2)38(27(3)20-25)44-35-15-12-14-32(37(35)43-39(44)33-13-10-11-16-36(33)45)28-21-29(23-31(22-28)41(7,8)9)34-24-30(17-18-42-34)40(4,5)6;/h10-20,22-24,45H,1-9H3;/q-1;. The summed E-state index contributed by atoms with van der Waals surface area (Å²) in [5.41, 5.74) is 13.3. The molecule has 0 atom stereocenters. The number of nitrogens with zero attached hydrogens (tertiary/aromatic N) is 3. The molecule has 2 heterocycles. The van der Waals surface area contributed by atoms with Gasteiger partial charge in [0.05, 0.1) is 22.3 Å². The number of benzene rings is 4. The van der Waals surface area contributed by atoms with Gasteiger partial charge in [0, 0.05) is 33.0 Å². The van der Waals surface area contributed by atoms with Crippen molar-refractivity contribution < 1.29 is 26.2 Å². The summed E-state index contributed by atoms with van der Waals surface area (Å²) in [5, 5.41) is 11.0. The van der Waals surface area contributed by atoms with Crippen LogP contribution in [0, 0.1) is 26.8 Å². The van der Waals surface area contributed by atoms with Gasteiger partial charge in [0.25, 0.3) is 0 Å². The van der Waals surface area contributed by atoms with Gasteiger partial charge in [-0.2, -0.15) is 0 Å². The van der Waals surface area contributed by atoms with Crippen LogP contribution in [-0.4, -0.2) is 19.6 Å². The van der Waals surface area contributed by atoms with Gasteiger partial charge >= 0.3 is 0 Å². The number of fused-ring (bicyclic) bond motifs is 1. The minimum absolute atomic E-state index is 0. The number of imidazole rings is 1. The van der Waals surface area contributed by atoms with Crippen LogP contribution < -0.4 is 0 Å². The number of hydrogen-bond acceptors (Lipinski definition) is 3. The summed E-state index contributed by atoms with van der Waals surface area (Å²) in [6, 6.07) is 30.7. The van der Waals surface area contributed by atoms with Gasteiger partial charge in [-0.05, 0) is 72.6 Å². The van der Waals surface area contributed by atoms with E-state index in [2.05, 4.69) is 128 Å². The number of aromatic nitrogens is 3. The number of aryl methyl sites for hydroxylation is 3. The fraction of sp³-hybridized carbons (Fsp3) is 0.268. The van der Waals surface area contributed by atoms with Crippen molar-refractivity contribution in [1.29, 1.82) is 0 Å². The van der Waals surface area contributed by atoms with Crippen molar-refractivity contribution in [2.75, 3.05) is 0 Å². The summed E-state index contributed by atoms with van der Waals surface area (Å²) in [5.74, 6) is 0.906.